The van der Waals surface area contributed by atoms with E-state index in [9.17, 15) is 8.42 Å². The Morgan fingerprint density at radius 1 is 1.16 bits per heavy atom. The summed E-state index contributed by atoms with van der Waals surface area (Å²) in [7, 11) is -3.07. The predicted octanol–water partition coefficient (Wildman–Crippen LogP) is 2.41. The molecular weight excluding hydrogens is 258 g/mol. The van der Waals surface area contributed by atoms with Gasteiger partial charge >= 0.3 is 0 Å². The fourth-order valence-corrected chi connectivity index (χ4v) is 3.96. The molecule has 1 saturated heterocycles. The summed E-state index contributed by atoms with van der Waals surface area (Å²) in [5.41, 5.74) is 1.25. The van der Waals surface area contributed by atoms with Gasteiger partial charge in [-0.25, -0.2) is 8.42 Å². The number of sulfone groups is 1. The average Bonchev–Trinajstić information content (AvgIpc) is 2.40. The second kappa shape index (κ2) is 6.53. The summed E-state index contributed by atoms with van der Waals surface area (Å²) in [6, 6.07) is 7.48. The molecule has 0 radical (unpaired) electrons. The van der Waals surface area contributed by atoms with Crippen molar-refractivity contribution in [2.24, 2.45) is 5.92 Å². The molecule has 1 heterocycles. The Kier molecular flexibility index (Phi) is 4.99. The predicted molar refractivity (Wildman–Crippen MR) is 78.1 cm³/mol. The zero-order chi connectivity index (χ0) is 13.7. The summed E-state index contributed by atoms with van der Waals surface area (Å²) >= 11 is 0. The maximum atomic E-state index is 11.9. The Labute approximate surface area is 116 Å². The third kappa shape index (κ3) is 4.05. The van der Waals surface area contributed by atoms with Gasteiger partial charge < -0.3 is 5.32 Å². The van der Waals surface area contributed by atoms with Gasteiger partial charge in [-0.15, -0.1) is 0 Å². The Bertz CT molecular complexity index is 487. The van der Waals surface area contributed by atoms with Crippen LogP contribution in [0.1, 0.15) is 31.7 Å². The van der Waals surface area contributed by atoms with Gasteiger partial charge in [0.1, 0.15) is 0 Å². The van der Waals surface area contributed by atoms with Crippen molar-refractivity contribution in [2.45, 2.75) is 37.5 Å². The first-order valence-electron chi connectivity index (χ1n) is 7.14. The van der Waals surface area contributed by atoms with Crippen LogP contribution in [0.25, 0.3) is 0 Å². The van der Waals surface area contributed by atoms with Crippen LogP contribution in [0.2, 0.25) is 0 Å². The van der Waals surface area contributed by atoms with Crippen molar-refractivity contribution in [3.8, 4) is 0 Å². The van der Waals surface area contributed by atoms with Gasteiger partial charge in [-0.1, -0.05) is 19.1 Å². The minimum absolute atomic E-state index is 0.237. The molecule has 1 aromatic rings. The molecule has 0 saturated carbocycles. The van der Waals surface area contributed by atoms with E-state index in [1.54, 1.807) is 12.1 Å². The molecule has 0 spiro atoms. The van der Waals surface area contributed by atoms with E-state index >= 15 is 0 Å². The Balaban J connectivity index is 2.01. The summed E-state index contributed by atoms with van der Waals surface area (Å²) in [5.74, 6) is 0.972. The van der Waals surface area contributed by atoms with E-state index in [1.165, 1.54) is 18.4 Å². The molecule has 0 aromatic heterocycles. The lowest BCUT2D eigenvalue weighted by atomic mass is 9.91. The number of hydrogen-bond donors (Lipinski definition) is 1. The molecule has 0 atom stereocenters. The monoisotopic (exact) mass is 281 g/mol. The standard InChI is InChI=1S/C15H23NO2S/c1-2-11-19(17,18)15-5-3-13(4-6-15)12-14-7-9-16-10-8-14/h3-6,14,16H,2,7-12H2,1H3. The first kappa shape index (κ1) is 14.5. The van der Waals surface area contributed by atoms with Gasteiger partial charge in [0.25, 0.3) is 0 Å². The fraction of sp³-hybridized carbons (Fsp3) is 0.600. The minimum Gasteiger partial charge on any atom is -0.317 e. The maximum absolute atomic E-state index is 11.9. The third-order valence-electron chi connectivity index (χ3n) is 3.74. The highest BCUT2D eigenvalue weighted by Crippen LogP contribution is 2.20. The topological polar surface area (TPSA) is 46.2 Å². The highest BCUT2D eigenvalue weighted by Gasteiger charge is 2.15. The van der Waals surface area contributed by atoms with Crippen molar-refractivity contribution in [1.29, 1.82) is 0 Å². The molecule has 0 amide bonds. The first-order chi connectivity index (χ1) is 9.12. The molecule has 1 aliphatic rings. The van der Waals surface area contributed by atoms with Crippen LogP contribution in [0.3, 0.4) is 0 Å². The Morgan fingerprint density at radius 2 is 1.79 bits per heavy atom. The van der Waals surface area contributed by atoms with Crippen LogP contribution >= 0.6 is 0 Å². The van der Waals surface area contributed by atoms with Crippen molar-refractivity contribution >= 4 is 9.84 Å². The van der Waals surface area contributed by atoms with E-state index in [0.29, 0.717) is 11.3 Å². The molecule has 19 heavy (non-hydrogen) atoms. The summed E-state index contributed by atoms with van der Waals surface area (Å²) in [4.78, 5) is 0.461. The van der Waals surface area contributed by atoms with Crippen molar-refractivity contribution in [2.75, 3.05) is 18.8 Å². The molecule has 3 nitrogen and oxygen atoms in total. The lowest BCUT2D eigenvalue weighted by molar-refractivity contribution is 0.372. The second-order valence-corrected chi connectivity index (χ2v) is 7.47. The number of piperidine rings is 1. The zero-order valence-corrected chi connectivity index (χ0v) is 12.4. The molecule has 0 bridgehead atoms. The number of rotatable bonds is 5. The lowest BCUT2D eigenvalue weighted by Crippen LogP contribution is -2.28. The number of hydrogen-bond acceptors (Lipinski definition) is 3. The van der Waals surface area contributed by atoms with Gasteiger partial charge in [0.15, 0.2) is 9.84 Å². The summed E-state index contributed by atoms with van der Waals surface area (Å²) < 4.78 is 23.9. The minimum atomic E-state index is -3.07. The van der Waals surface area contributed by atoms with Gasteiger partial charge in [0.05, 0.1) is 10.6 Å². The van der Waals surface area contributed by atoms with Gasteiger partial charge in [-0.2, -0.15) is 0 Å². The van der Waals surface area contributed by atoms with Crippen LogP contribution in [0.15, 0.2) is 29.2 Å². The number of benzene rings is 1. The average molecular weight is 281 g/mol. The second-order valence-electron chi connectivity index (χ2n) is 5.36. The Morgan fingerprint density at radius 3 is 2.37 bits per heavy atom. The van der Waals surface area contributed by atoms with Crippen molar-refractivity contribution in [3.05, 3.63) is 29.8 Å². The van der Waals surface area contributed by atoms with E-state index < -0.39 is 9.84 Å². The summed E-state index contributed by atoms with van der Waals surface area (Å²) in [5, 5.41) is 3.36. The molecule has 106 valence electrons. The molecular formula is C15H23NO2S. The van der Waals surface area contributed by atoms with Crippen LogP contribution in [0.5, 0.6) is 0 Å². The van der Waals surface area contributed by atoms with Gasteiger partial charge in [-0.05, 0) is 62.4 Å². The van der Waals surface area contributed by atoms with Crippen LogP contribution in [-0.4, -0.2) is 27.3 Å². The van der Waals surface area contributed by atoms with E-state index in [4.69, 9.17) is 0 Å². The van der Waals surface area contributed by atoms with E-state index in [1.807, 2.05) is 19.1 Å². The number of nitrogens with one attached hydrogen (secondary N) is 1. The van der Waals surface area contributed by atoms with E-state index in [2.05, 4.69) is 5.32 Å². The Hall–Kier alpha value is -0.870. The molecule has 1 N–H and O–H groups in total. The molecule has 0 unspecified atom stereocenters. The van der Waals surface area contributed by atoms with Crippen molar-refractivity contribution in [1.82, 2.24) is 5.32 Å². The van der Waals surface area contributed by atoms with Crippen LogP contribution in [0.4, 0.5) is 0 Å². The molecule has 0 aliphatic carbocycles. The summed E-state index contributed by atoms with van der Waals surface area (Å²) in [6.07, 6.45) is 4.17. The highest BCUT2D eigenvalue weighted by molar-refractivity contribution is 7.91. The fourth-order valence-electron chi connectivity index (χ4n) is 2.64. The van der Waals surface area contributed by atoms with Gasteiger partial charge in [-0.3, -0.25) is 0 Å². The normalized spacial score (nSPS) is 17.5. The largest absolute Gasteiger partial charge is 0.317 e. The smallest absolute Gasteiger partial charge is 0.178 e. The van der Waals surface area contributed by atoms with E-state index in [-0.39, 0.29) is 5.75 Å². The van der Waals surface area contributed by atoms with Crippen LogP contribution in [-0.2, 0) is 16.3 Å². The van der Waals surface area contributed by atoms with Crippen molar-refractivity contribution < 1.29 is 8.42 Å². The molecule has 4 heteroatoms. The SMILES string of the molecule is CCCS(=O)(=O)c1ccc(CC2CCNCC2)cc1. The highest BCUT2D eigenvalue weighted by atomic mass is 32.2. The van der Waals surface area contributed by atoms with Crippen molar-refractivity contribution in [3.63, 3.8) is 0 Å². The first-order valence-corrected chi connectivity index (χ1v) is 8.79. The molecule has 1 aromatic carbocycles. The third-order valence-corrected chi connectivity index (χ3v) is 5.67. The zero-order valence-electron chi connectivity index (χ0n) is 11.6. The quantitative estimate of drug-likeness (QED) is 0.901. The summed E-state index contributed by atoms with van der Waals surface area (Å²) in [6.45, 7) is 4.10. The van der Waals surface area contributed by atoms with Crippen LogP contribution < -0.4 is 5.32 Å². The van der Waals surface area contributed by atoms with Gasteiger partial charge in [0.2, 0.25) is 0 Å². The van der Waals surface area contributed by atoms with Gasteiger partial charge in [0, 0.05) is 0 Å². The lowest BCUT2D eigenvalue weighted by Gasteiger charge is -2.22. The maximum Gasteiger partial charge on any atom is 0.178 e. The molecule has 1 aliphatic heterocycles. The molecule has 2 rings (SSSR count). The molecule has 1 fully saturated rings. The van der Waals surface area contributed by atoms with Crippen LogP contribution in [0, 0.1) is 5.92 Å². The van der Waals surface area contributed by atoms with E-state index in [0.717, 1.165) is 25.4 Å².